The van der Waals surface area contributed by atoms with Gasteiger partial charge in [0.15, 0.2) is 5.82 Å². The van der Waals surface area contributed by atoms with E-state index in [4.69, 9.17) is 0 Å². The monoisotopic (exact) mass is 460 g/mol. The standard InChI is InChI=1S/C25H31F3N4O/c1-16-15-31(12-13-32(16)22(33)14-19-8-10-25(27,28)11-9-19)24-18(3)17(2)23(29-30-24)20-4-6-21(26)7-5-20/h4-7,16,19H,8-15H2,1-3H3/t16-/m0/s1. The molecule has 2 heterocycles. The van der Waals surface area contributed by atoms with Gasteiger partial charge in [-0.25, -0.2) is 13.2 Å². The van der Waals surface area contributed by atoms with Gasteiger partial charge in [0.2, 0.25) is 11.8 Å². The second-order valence-electron chi connectivity index (χ2n) is 9.51. The van der Waals surface area contributed by atoms with Crippen molar-refractivity contribution in [2.24, 2.45) is 5.92 Å². The van der Waals surface area contributed by atoms with Crippen molar-refractivity contribution < 1.29 is 18.0 Å². The van der Waals surface area contributed by atoms with Gasteiger partial charge >= 0.3 is 0 Å². The van der Waals surface area contributed by atoms with Gasteiger partial charge in [-0.2, -0.15) is 0 Å². The summed E-state index contributed by atoms with van der Waals surface area (Å²) < 4.78 is 40.1. The molecule has 0 unspecified atom stereocenters. The molecule has 178 valence electrons. The van der Waals surface area contributed by atoms with Gasteiger partial charge in [0.25, 0.3) is 0 Å². The maximum absolute atomic E-state index is 13.4. The molecule has 2 fully saturated rings. The Balaban J connectivity index is 1.41. The summed E-state index contributed by atoms with van der Waals surface area (Å²) >= 11 is 0. The number of alkyl halides is 2. The number of rotatable bonds is 4. The van der Waals surface area contributed by atoms with Crippen LogP contribution in [0.4, 0.5) is 19.0 Å². The lowest BCUT2D eigenvalue weighted by molar-refractivity contribution is -0.135. The van der Waals surface area contributed by atoms with Crippen LogP contribution < -0.4 is 4.90 Å². The summed E-state index contributed by atoms with van der Waals surface area (Å²) in [5.74, 6) is -1.95. The minimum atomic E-state index is -2.57. The normalized spacial score (nSPS) is 21.3. The fourth-order valence-corrected chi connectivity index (χ4v) is 4.96. The Morgan fingerprint density at radius 2 is 1.73 bits per heavy atom. The third kappa shape index (κ3) is 5.14. The lowest BCUT2D eigenvalue weighted by Crippen LogP contribution is -2.54. The maximum Gasteiger partial charge on any atom is 0.248 e. The number of hydrogen-bond donors (Lipinski definition) is 0. The fourth-order valence-electron chi connectivity index (χ4n) is 4.96. The molecule has 0 N–H and O–H groups in total. The number of benzene rings is 1. The van der Waals surface area contributed by atoms with Crippen molar-refractivity contribution in [3.63, 3.8) is 0 Å². The van der Waals surface area contributed by atoms with Crippen LogP contribution in [0.1, 0.15) is 50.2 Å². The van der Waals surface area contributed by atoms with Crippen molar-refractivity contribution in [2.45, 2.75) is 64.8 Å². The molecule has 33 heavy (non-hydrogen) atoms. The third-order valence-electron chi connectivity index (χ3n) is 7.16. The van der Waals surface area contributed by atoms with Gasteiger partial charge in [0, 0.05) is 50.5 Å². The lowest BCUT2D eigenvalue weighted by Gasteiger charge is -2.41. The highest BCUT2D eigenvalue weighted by Gasteiger charge is 2.37. The number of carbonyl (C=O) groups excluding carboxylic acids is 1. The van der Waals surface area contributed by atoms with Crippen molar-refractivity contribution >= 4 is 11.7 Å². The van der Waals surface area contributed by atoms with Gasteiger partial charge in [-0.15, -0.1) is 10.2 Å². The van der Waals surface area contributed by atoms with Crippen LogP contribution in [0.5, 0.6) is 0 Å². The lowest BCUT2D eigenvalue weighted by atomic mass is 9.84. The number of carbonyl (C=O) groups is 1. The van der Waals surface area contributed by atoms with Gasteiger partial charge in [-0.05, 0) is 74.9 Å². The number of hydrogen-bond acceptors (Lipinski definition) is 4. The summed E-state index contributed by atoms with van der Waals surface area (Å²) in [7, 11) is 0. The van der Waals surface area contributed by atoms with Crippen molar-refractivity contribution in [3.8, 4) is 11.3 Å². The fraction of sp³-hybridized carbons (Fsp3) is 0.560. The van der Waals surface area contributed by atoms with Crippen LogP contribution in [-0.4, -0.2) is 52.6 Å². The van der Waals surface area contributed by atoms with E-state index in [0.29, 0.717) is 38.9 Å². The van der Waals surface area contributed by atoms with Gasteiger partial charge in [0.1, 0.15) is 5.82 Å². The van der Waals surface area contributed by atoms with Crippen molar-refractivity contribution in [2.75, 3.05) is 24.5 Å². The van der Waals surface area contributed by atoms with Gasteiger partial charge in [-0.1, -0.05) is 0 Å². The first-order valence-corrected chi connectivity index (χ1v) is 11.7. The Bertz CT molecular complexity index is 1000. The Kier molecular flexibility index (Phi) is 6.64. The van der Waals surface area contributed by atoms with Crippen LogP contribution >= 0.6 is 0 Å². The first kappa shape index (κ1) is 23.5. The summed E-state index contributed by atoms with van der Waals surface area (Å²) in [6.45, 7) is 7.86. The second kappa shape index (κ2) is 9.31. The van der Waals surface area contributed by atoms with Crippen LogP contribution in [0.2, 0.25) is 0 Å². The molecular formula is C25H31F3N4O. The molecule has 5 nitrogen and oxygen atoms in total. The molecule has 1 atom stereocenters. The average molecular weight is 461 g/mol. The van der Waals surface area contributed by atoms with Crippen molar-refractivity contribution in [1.82, 2.24) is 15.1 Å². The Morgan fingerprint density at radius 1 is 1.06 bits per heavy atom. The maximum atomic E-state index is 13.4. The van der Waals surface area contributed by atoms with E-state index in [1.165, 1.54) is 12.1 Å². The molecule has 1 aromatic heterocycles. The highest BCUT2D eigenvalue weighted by molar-refractivity contribution is 5.77. The van der Waals surface area contributed by atoms with Crippen LogP contribution in [0, 0.1) is 25.6 Å². The van der Waals surface area contributed by atoms with Gasteiger partial charge in [-0.3, -0.25) is 4.79 Å². The zero-order valence-corrected chi connectivity index (χ0v) is 19.5. The average Bonchev–Trinajstić information content (AvgIpc) is 2.77. The minimum Gasteiger partial charge on any atom is -0.351 e. The van der Waals surface area contributed by atoms with E-state index in [0.717, 1.165) is 28.2 Å². The molecule has 8 heteroatoms. The summed E-state index contributed by atoms with van der Waals surface area (Å²) in [5.41, 5.74) is 3.56. The van der Waals surface area contributed by atoms with Crippen LogP contribution in [0.25, 0.3) is 11.3 Å². The Morgan fingerprint density at radius 3 is 2.36 bits per heavy atom. The zero-order chi connectivity index (χ0) is 23.8. The molecule has 0 spiro atoms. The molecule has 2 aromatic rings. The smallest absolute Gasteiger partial charge is 0.248 e. The molecule has 0 radical (unpaired) electrons. The molecule has 0 bridgehead atoms. The predicted octanol–water partition coefficient (Wildman–Crippen LogP) is 5.15. The number of aromatic nitrogens is 2. The highest BCUT2D eigenvalue weighted by atomic mass is 19.3. The van der Waals surface area contributed by atoms with E-state index in [1.54, 1.807) is 12.1 Å². The van der Waals surface area contributed by atoms with Crippen LogP contribution in [0.15, 0.2) is 24.3 Å². The first-order chi connectivity index (χ1) is 15.6. The molecule has 1 aliphatic carbocycles. The Labute approximate surface area is 193 Å². The number of halogens is 3. The minimum absolute atomic E-state index is 0.00503. The third-order valence-corrected chi connectivity index (χ3v) is 7.16. The molecule has 1 saturated carbocycles. The van der Waals surface area contributed by atoms with E-state index >= 15 is 0 Å². The highest BCUT2D eigenvalue weighted by Crippen LogP contribution is 2.38. The quantitative estimate of drug-likeness (QED) is 0.633. The first-order valence-electron chi connectivity index (χ1n) is 11.7. The number of nitrogens with zero attached hydrogens (tertiary/aromatic N) is 4. The number of piperazine rings is 1. The molecule has 4 rings (SSSR count). The van der Waals surface area contributed by atoms with Crippen molar-refractivity contribution in [3.05, 3.63) is 41.2 Å². The summed E-state index contributed by atoms with van der Waals surface area (Å²) in [5, 5.41) is 8.91. The summed E-state index contributed by atoms with van der Waals surface area (Å²) in [4.78, 5) is 16.9. The van der Waals surface area contributed by atoms with E-state index < -0.39 is 5.92 Å². The largest absolute Gasteiger partial charge is 0.351 e. The van der Waals surface area contributed by atoms with E-state index in [-0.39, 0.29) is 36.5 Å². The van der Waals surface area contributed by atoms with Gasteiger partial charge < -0.3 is 9.80 Å². The topological polar surface area (TPSA) is 49.3 Å². The van der Waals surface area contributed by atoms with E-state index in [1.807, 2.05) is 25.7 Å². The number of anilines is 1. The summed E-state index contributed by atoms with van der Waals surface area (Å²) in [6, 6.07) is 6.22. The Hall–Kier alpha value is -2.64. The van der Waals surface area contributed by atoms with E-state index in [9.17, 15) is 18.0 Å². The molecule has 1 aromatic carbocycles. The van der Waals surface area contributed by atoms with Gasteiger partial charge in [0.05, 0.1) is 5.69 Å². The van der Waals surface area contributed by atoms with Crippen LogP contribution in [0.3, 0.4) is 0 Å². The number of amides is 1. The summed E-state index contributed by atoms with van der Waals surface area (Å²) in [6.07, 6.45) is 0.965. The van der Waals surface area contributed by atoms with Crippen molar-refractivity contribution in [1.29, 1.82) is 0 Å². The molecule has 1 saturated heterocycles. The van der Waals surface area contributed by atoms with Crippen LogP contribution in [-0.2, 0) is 4.79 Å². The molecule has 1 amide bonds. The SMILES string of the molecule is Cc1c(-c2ccc(F)cc2)nnc(N2CCN(C(=O)CC3CCC(F)(F)CC3)[C@@H](C)C2)c1C. The predicted molar refractivity (Wildman–Crippen MR) is 122 cm³/mol. The molecular weight excluding hydrogens is 429 g/mol. The second-order valence-corrected chi connectivity index (χ2v) is 9.51. The zero-order valence-electron chi connectivity index (χ0n) is 19.5. The molecule has 1 aliphatic heterocycles. The molecule has 2 aliphatic rings. The van der Waals surface area contributed by atoms with E-state index in [2.05, 4.69) is 15.1 Å².